The first-order valence-corrected chi connectivity index (χ1v) is 9.30. The van der Waals surface area contributed by atoms with E-state index < -0.39 is 0 Å². The second kappa shape index (κ2) is 8.34. The number of hydrogen-bond acceptors (Lipinski definition) is 3. The minimum Gasteiger partial charge on any atom is -0.334 e. The molecule has 130 valence electrons. The van der Waals surface area contributed by atoms with Crippen LogP contribution in [0.25, 0.3) is 0 Å². The molecule has 3 rings (SSSR count). The van der Waals surface area contributed by atoms with Crippen LogP contribution in [0, 0.1) is 0 Å². The number of hydrogen-bond donors (Lipinski definition) is 0. The number of aryl methyl sites for hydroxylation is 1. The maximum Gasteiger partial charge on any atom is 0.108 e. The van der Waals surface area contributed by atoms with Gasteiger partial charge in [-0.15, -0.1) is 0 Å². The molecule has 0 unspecified atom stereocenters. The van der Waals surface area contributed by atoms with Crippen LogP contribution in [-0.2, 0) is 19.5 Å². The Morgan fingerprint density at radius 3 is 2.46 bits per heavy atom. The first kappa shape index (κ1) is 17.7. The molecule has 1 fully saturated rings. The summed E-state index contributed by atoms with van der Waals surface area (Å²) >= 11 is 12.1. The van der Waals surface area contributed by atoms with Crippen LogP contribution < -0.4 is 0 Å². The molecule has 4 nitrogen and oxygen atoms in total. The maximum absolute atomic E-state index is 6.10. The van der Waals surface area contributed by atoms with Crippen molar-refractivity contribution in [2.24, 2.45) is 0 Å². The van der Waals surface area contributed by atoms with Crippen molar-refractivity contribution in [2.45, 2.75) is 26.4 Å². The lowest BCUT2D eigenvalue weighted by molar-refractivity contribution is 0.124. The highest BCUT2D eigenvalue weighted by Gasteiger charge is 2.17. The third kappa shape index (κ3) is 4.51. The van der Waals surface area contributed by atoms with Crippen molar-refractivity contribution >= 4 is 23.2 Å². The molecule has 0 amide bonds. The van der Waals surface area contributed by atoms with Gasteiger partial charge in [0, 0.05) is 64.6 Å². The largest absolute Gasteiger partial charge is 0.334 e. The van der Waals surface area contributed by atoms with Gasteiger partial charge in [-0.05, 0) is 17.7 Å². The molecule has 1 aromatic heterocycles. The van der Waals surface area contributed by atoms with Gasteiger partial charge in [0.25, 0.3) is 0 Å². The van der Waals surface area contributed by atoms with Gasteiger partial charge in [0.2, 0.25) is 0 Å². The Balaban J connectivity index is 1.44. The lowest BCUT2D eigenvalue weighted by Gasteiger charge is -2.34. The molecule has 0 N–H and O–H groups in total. The molecule has 1 aliphatic rings. The predicted octanol–water partition coefficient (Wildman–Crippen LogP) is 3.57. The van der Waals surface area contributed by atoms with E-state index in [-0.39, 0.29) is 0 Å². The Bertz CT molecular complexity index is 663. The number of piperazine rings is 1. The van der Waals surface area contributed by atoms with Crippen LogP contribution in [0.15, 0.2) is 30.6 Å². The Kier molecular flexibility index (Phi) is 6.17. The van der Waals surface area contributed by atoms with E-state index in [1.807, 2.05) is 18.3 Å². The predicted molar refractivity (Wildman–Crippen MR) is 99.8 cm³/mol. The molecule has 0 radical (unpaired) electrons. The van der Waals surface area contributed by atoms with E-state index in [2.05, 4.69) is 38.5 Å². The van der Waals surface area contributed by atoms with Gasteiger partial charge >= 0.3 is 0 Å². The zero-order valence-electron chi connectivity index (χ0n) is 14.1. The molecular formula is C18H24Cl2N4. The standard InChI is InChI=1S/C18H24Cl2N4/c1-2-18-21-5-6-24(18)12-11-22-7-9-23(10-8-22)14-15-3-4-16(19)17(20)13-15/h3-6,13H,2,7-12,14H2,1H3. The summed E-state index contributed by atoms with van der Waals surface area (Å²) in [6, 6.07) is 5.92. The monoisotopic (exact) mass is 366 g/mol. The van der Waals surface area contributed by atoms with Crippen molar-refractivity contribution in [3.8, 4) is 0 Å². The second-order valence-corrected chi connectivity index (χ2v) is 7.07. The summed E-state index contributed by atoms with van der Waals surface area (Å²) in [6.07, 6.45) is 4.97. The fourth-order valence-electron chi connectivity index (χ4n) is 3.17. The zero-order valence-corrected chi connectivity index (χ0v) is 15.6. The van der Waals surface area contributed by atoms with Crippen LogP contribution in [0.4, 0.5) is 0 Å². The highest BCUT2D eigenvalue weighted by Crippen LogP contribution is 2.23. The van der Waals surface area contributed by atoms with Crippen molar-refractivity contribution in [3.63, 3.8) is 0 Å². The summed E-state index contributed by atoms with van der Waals surface area (Å²) in [6.45, 7) is 9.59. The minimum atomic E-state index is 0.621. The Labute approximate surface area is 154 Å². The van der Waals surface area contributed by atoms with Gasteiger partial charge in [-0.2, -0.15) is 0 Å². The summed E-state index contributed by atoms with van der Waals surface area (Å²) < 4.78 is 2.27. The fraction of sp³-hybridized carbons (Fsp3) is 0.500. The van der Waals surface area contributed by atoms with E-state index in [4.69, 9.17) is 23.2 Å². The van der Waals surface area contributed by atoms with E-state index in [9.17, 15) is 0 Å². The third-order valence-corrected chi connectivity index (χ3v) is 5.37. The molecule has 24 heavy (non-hydrogen) atoms. The lowest BCUT2D eigenvalue weighted by Crippen LogP contribution is -2.46. The molecule has 0 spiro atoms. The summed E-state index contributed by atoms with van der Waals surface area (Å²) in [5.74, 6) is 1.17. The van der Waals surface area contributed by atoms with Gasteiger partial charge in [-0.25, -0.2) is 4.98 Å². The fourth-order valence-corrected chi connectivity index (χ4v) is 3.50. The van der Waals surface area contributed by atoms with E-state index in [1.54, 1.807) is 0 Å². The summed E-state index contributed by atoms with van der Waals surface area (Å²) in [4.78, 5) is 9.40. The molecule has 0 atom stereocenters. The lowest BCUT2D eigenvalue weighted by atomic mass is 10.2. The molecule has 0 saturated carbocycles. The Hall–Kier alpha value is -1.07. The van der Waals surface area contributed by atoms with Gasteiger partial charge in [0.05, 0.1) is 10.0 Å². The molecule has 1 aromatic carbocycles. The van der Waals surface area contributed by atoms with Crippen molar-refractivity contribution in [1.29, 1.82) is 0 Å². The number of halogens is 2. The first-order valence-electron chi connectivity index (χ1n) is 8.54. The molecule has 2 aromatic rings. The van der Waals surface area contributed by atoms with Crippen molar-refractivity contribution in [2.75, 3.05) is 32.7 Å². The maximum atomic E-state index is 6.10. The smallest absolute Gasteiger partial charge is 0.108 e. The van der Waals surface area contributed by atoms with E-state index in [1.165, 1.54) is 11.4 Å². The zero-order chi connectivity index (χ0) is 16.9. The van der Waals surface area contributed by atoms with E-state index >= 15 is 0 Å². The normalized spacial score (nSPS) is 16.6. The van der Waals surface area contributed by atoms with Crippen LogP contribution in [0.5, 0.6) is 0 Å². The molecule has 2 heterocycles. The van der Waals surface area contributed by atoms with Gasteiger partial charge in [-0.1, -0.05) is 36.2 Å². The first-order chi connectivity index (χ1) is 11.7. The topological polar surface area (TPSA) is 24.3 Å². The van der Waals surface area contributed by atoms with Gasteiger partial charge in [-0.3, -0.25) is 9.80 Å². The minimum absolute atomic E-state index is 0.621. The summed E-state index contributed by atoms with van der Waals surface area (Å²) in [5.41, 5.74) is 1.23. The van der Waals surface area contributed by atoms with Crippen LogP contribution in [0.1, 0.15) is 18.3 Å². The van der Waals surface area contributed by atoms with Gasteiger partial charge < -0.3 is 4.57 Å². The average molecular weight is 367 g/mol. The van der Waals surface area contributed by atoms with Gasteiger partial charge in [0.1, 0.15) is 5.82 Å². The molecule has 0 bridgehead atoms. The third-order valence-electron chi connectivity index (χ3n) is 4.63. The van der Waals surface area contributed by atoms with Crippen molar-refractivity contribution in [3.05, 3.63) is 52.0 Å². The Morgan fingerprint density at radius 2 is 1.75 bits per heavy atom. The highest BCUT2D eigenvalue weighted by atomic mass is 35.5. The van der Waals surface area contributed by atoms with E-state index in [0.717, 1.165) is 52.2 Å². The van der Waals surface area contributed by atoms with Crippen LogP contribution in [0.3, 0.4) is 0 Å². The molecule has 1 saturated heterocycles. The van der Waals surface area contributed by atoms with Crippen LogP contribution in [-0.4, -0.2) is 52.1 Å². The SMILES string of the molecule is CCc1nccn1CCN1CCN(Cc2ccc(Cl)c(Cl)c2)CC1. The summed E-state index contributed by atoms with van der Waals surface area (Å²) in [7, 11) is 0. The number of nitrogens with zero attached hydrogens (tertiary/aromatic N) is 4. The summed E-state index contributed by atoms with van der Waals surface area (Å²) in [5, 5.41) is 1.26. The molecule has 1 aliphatic heterocycles. The highest BCUT2D eigenvalue weighted by molar-refractivity contribution is 6.42. The van der Waals surface area contributed by atoms with Crippen LogP contribution in [0.2, 0.25) is 10.0 Å². The van der Waals surface area contributed by atoms with Crippen LogP contribution >= 0.6 is 23.2 Å². The Morgan fingerprint density at radius 1 is 1.00 bits per heavy atom. The second-order valence-electron chi connectivity index (χ2n) is 6.26. The van der Waals surface area contributed by atoms with Crippen molar-refractivity contribution in [1.82, 2.24) is 19.4 Å². The van der Waals surface area contributed by atoms with Gasteiger partial charge in [0.15, 0.2) is 0 Å². The molecule has 0 aliphatic carbocycles. The molecular weight excluding hydrogens is 343 g/mol. The van der Waals surface area contributed by atoms with Crippen molar-refractivity contribution < 1.29 is 0 Å². The van der Waals surface area contributed by atoms with E-state index in [0.29, 0.717) is 10.0 Å². The average Bonchev–Trinajstić information content (AvgIpc) is 3.05. The number of benzene rings is 1. The number of rotatable bonds is 6. The number of imidazole rings is 1. The molecule has 6 heteroatoms. The quantitative estimate of drug-likeness (QED) is 0.780. The number of aromatic nitrogens is 2.